The summed E-state index contributed by atoms with van der Waals surface area (Å²) in [6.45, 7) is 7.81. The molecule has 2 N–H and O–H groups in total. The molecule has 1 atom stereocenters. The molecule has 0 fully saturated rings. The minimum absolute atomic E-state index is 0.0416. The van der Waals surface area contributed by atoms with Crippen LogP contribution < -0.4 is 10.6 Å². The highest BCUT2D eigenvalue weighted by Gasteiger charge is 2.33. The third-order valence-electron chi connectivity index (χ3n) is 5.10. The monoisotopic (exact) mass is 435 g/mol. The van der Waals surface area contributed by atoms with Gasteiger partial charge in [-0.2, -0.15) is 13.2 Å². The van der Waals surface area contributed by atoms with Crippen molar-refractivity contribution in [1.82, 2.24) is 10.2 Å². The van der Waals surface area contributed by atoms with Crippen LogP contribution >= 0.6 is 0 Å². The molecule has 0 aliphatic heterocycles. The van der Waals surface area contributed by atoms with E-state index < -0.39 is 17.6 Å². The number of nitrogens with one attached hydrogen (secondary N) is 2. The summed E-state index contributed by atoms with van der Waals surface area (Å²) in [5.41, 5.74) is 2.05. The number of nitrogens with zero attached hydrogens (tertiary/aromatic N) is 1. The molecule has 2 aromatic carbocycles. The SMILES string of the molecule is CCN(CC(=O)Nc1ccccc1C(F)(F)F)CC(=O)NC(C)c1ccc(C)c(C)c1. The lowest BCUT2D eigenvalue weighted by Crippen LogP contribution is -2.41. The van der Waals surface area contributed by atoms with E-state index in [4.69, 9.17) is 0 Å². The highest BCUT2D eigenvalue weighted by Crippen LogP contribution is 2.34. The van der Waals surface area contributed by atoms with Crippen LogP contribution in [0.1, 0.15) is 42.1 Å². The first-order chi connectivity index (χ1) is 14.5. The lowest BCUT2D eigenvalue weighted by Gasteiger charge is -2.22. The average molecular weight is 435 g/mol. The van der Waals surface area contributed by atoms with Crippen molar-refractivity contribution >= 4 is 17.5 Å². The lowest BCUT2D eigenvalue weighted by molar-refractivity contribution is -0.137. The third kappa shape index (κ3) is 7.10. The number of likely N-dealkylation sites (N-methyl/N-ethyl adjacent to an activating group) is 1. The molecule has 0 heterocycles. The van der Waals surface area contributed by atoms with E-state index in [9.17, 15) is 22.8 Å². The van der Waals surface area contributed by atoms with Crippen LogP contribution in [0.2, 0.25) is 0 Å². The van der Waals surface area contributed by atoms with Crippen LogP contribution in [0.15, 0.2) is 42.5 Å². The number of para-hydroxylation sites is 1. The van der Waals surface area contributed by atoms with E-state index in [0.717, 1.165) is 22.8 Å². The predicted octanol–water partition coefficient (Wildman–Crippen LogP) is 4.46. The van der Waals surface area contributed by atoms with Gasteiger partial charge in [0, 0.05) is 0 Å². The normalized spacial score (nSPS) is 12.5. The molecular formula is C23H28F3N3O2. The fourth-order valence-corrected chi connectivity index (χ4v) is 3.12. The molecule has 0 saturated carbocycles. The van der Waals surface area contributed by atoms with Gasteiger partial charge in [-0.1, -0.05) is 37.3 Å². The fourth-order valence-electron chi connectivity index (χ4n) is 3.12. The molecule has 0 aliphatic rings. The number of benzene rings is 2. The molecule has 0 bridgehead atoms. The van der Waals surface area contributed by atoms with E-state index in [-0.39, 0.29) is 30.7 Å². The molecule has 0 aliphatic carbocycles. The van der Waals surface area contributed by atoms with E-state index in [0.29, 0.717) is 6.54 Å². The maximum absolute atomic E-state index is 13.1. The summed E-state index contributed by atoms with van der Waals surface area (Å²) < 4.78 is 39.3. The summed E-state index contributed by atoms with van der Waals surface area (Å²) in [7, 11) is 0. The summed E-state index contributed by atoms with van der Waals surface area (Å²) >= 11 is 0. The molecule has 0 aromatic heterocycles. The van der Waals surface area contributed by atoms with E-state index in [1.165, 1.54) is 18.2 Å². The zero-order chi connectivity index (χ0) is 23.2. The number of halogens is 3. The number of alkyl halides is 3. The number of amides is 2. The van der Waals surface area contributed by atoms with E-state index in [2.05, 4.69) is 10.6 Å². The molecule has 0 saturated heterocycles. The van der Waals surface area contributed by atoms with Crippen molar-refractivity contribution in [2.24, 2.45) is 0 Å². The largest absolute Gasteiger partial charge is 0.418 e. The van der Waals surface area contributed by atoms with Gasteiger partial charge in [-0.25, -0.2) is 0 Å². The summed E-state index contributed by atoms with van der Waals surface area (Å²) in [4.78, 5) is 26.3. The van der Waals surface area contributed by atoms with Gasteiger partial charge < -0.3 is 10.6 Å². The van der Waals surface area contributed by atoms with Crippen molar-refractivity contribution in [3.05, 3.63) is 64.7 Å². The number of rotatable bonds is 8. The Labute approximate surface area is 180 Å². The third-order valence-corrected chi connectivity index (χ3v) is 5.10. The van der Waals surface area contributed by atoms with Crippen molar-refractivity contribution in [3.63, 3.8) is 0 Å². The molecule has 5 nitrogen and oxygen atoms in total. The van der Waals surface area contributed by atoms with Crippen LogP contribution in [0, 0.1) is 13.8 Å². The first-order valence-electron chi connectivity index (χ1n) is 10.1. The Morgan fingerprint density at radius 3 is 2.26 bits per heavy atom. The minimum atomic E-state index is -4.57. The Bertz CT molecular complexity index is 929. The summed E-state index contributed by atoms with van der Waals surface area (Å²) in [5.74, 6) is -0.885. The van der Waals surface area contributed by atoms with Gasteiger partial charge in [0.1, 0.15) is 0 Å². The quantitative estimate of drug-likeness (QED) is 0.644. The Balaban J connectivity index is 1.95. The van der Waals surface area contributed by atoms with Crippen molar-refractivity contribution in [1.29, 1.82) is 0 Å². The second kappa shape index (κ2) is 10.4. The molecule has 31 heavy (non-hydrogen) atoms. The van der Waals surface area contributed by atoms with E-state index >= 15 is 0 Å². The Hall–Kier alpha value is -2.87. The molecule has 0 spiro atoms. The Morgan fingerprint density at radius 2 is 1.65 bits per heavy atom. The molecule has 0 radical (unpaired) electrons. The molecule has 2 aromatic rings. The molecule has 2 rings (SSSR count). The summed E-state index contributed by atoms with van der Waals surface area (Å²) in [6, 6.07) is 10.6. The van der Waals surface area contributed by atoms with Gasteiger partial charge in [0.25, 0.3) is 0 Å². The zero-order valence-electron chi connectivity index (χ0n) is 18.1. The second-order valence-corrected chi connectivity index (χ2v) is 7.53. The highest BCUT2D eigenvalue weighted by atomic mass is 19.4. The number of carbonyl (C=O) groups excluding carboxylic acids is 2. The number of hydrogen-bond acceptors (Lipinski definition) is 3. The zero-order valence-corrected chi connectivity index (χ0v) is 18.1. The van der Waals surface area contributed by atoms with Gasteiger partial charge in [-0.05, 0) is 56.1 Å². The fraction of sp³-hybridized carbons (Fsp3) is 0.391. The second-order valence-electron chi connectivity index (χ2n) is 7.53. The number of anilines is 1. The van der Waals surface area contributed by atoms with Crippen LogP contribution in [0.25, 0.3) is 0 Å². The van der Waals surface area contributed by atoms with Crippen LogP contribution in [0.5, 0.6) is 0 Å². The topological polar surface area (TPSA) is 61.4 Å². The van der Waals surface area contributed by atoms with Crippen LogP contribution in [0.4, 0.5) is 18.9 Å². The molecule has 8 heteroatoms. The van der Waals surface area contributed by atoms with Crippen molar-refractivity contribution in [2.75, 3.05) is 25.0 Å². The molecule has 2 amide bonds. The predicted molar refractivity (Wildman–Crippen MR) is 115 cm³/mol. The van der Waals surface area contributed by atoms with Gasteiger partial charge in [0.15, 0.2) is 0 Å². The van der Waals surface area contributed by atoms with Crippen molar-refractivity contribution in [3.8, 4) is 0 Å². The number of carbonyl (C=O) groups is 2. The van der Waals surface area contributed by atoms with Crippen LogP contribution in [-0.4, -0.2) is 36.3 Å². The number of aryl methyl sites for hydroxylation is 2. The average Bonchev–Trinajstić information content (AvgIpc) is 2.68. The van der Waals surface area contributed by atoms with Gasteiger partial charge in [-0.3, -0.25) is 14.5 Å². The first-order valence-corrected chi connectivity index (χ1v) is 10.1. The van der Waals surface area contributed by atoms with E-state index in [1.807, 2.05) is 39.0 Å². The molecule has 1 unspecified atom stereocenters. The summed E-state index contributed by atoms with van der Waals surface area (Å²) in [6.07, 6.45) is -4.57. The van der Waals surface area contributed by atoms with Gasteiger partial charge in [0.05, 0.1) is 30.4 Å². The van der Waals surface area contributed by atoms with Gasteiger partial charge in [0.2, 0.25) is 11.8 Å². The Morgan fingerprint density at radius 1 is 1.00 bits per heavy atom. The van der Waals surface area contributed by atoms with E-state index in [1.54, 1.807) is 11.8 Å². The molecule has 168 valence electrons. The summed E-state index contributed by atoms with van der Waals surface area (Å²) in [5, 5.41) is 5.20. The maximum atomic E-state index is 13.1. The van der Waals surface area contributed by atoms with Crippen molar-refractivity contribution in [2.45, 2.75) is 39.9 Å². The number of hydrogen-bond donors (Lipinski definition) is 2. The lowest BCUT2D eigenvalue weighted by atomic mass is 10.0. The van der Waals surface area contributed by atoms with Gasteiger partial charge in [-0.15, -0.1) is 0 Å². The van der Waals surface area contributed by atoms with Crippen LogP contribution in [-0.2, 0) is 15.8 Å². The standard InChI is InChI=1S/C23H28F3N3O2/c1-5-29(13-21(30)27-17(4)18-11-10-15(2)16(3)12-18)14-22(31)28-20-9-7-6-8-19(20)23(24,25)26/h6-12,17H,5,13-14H2,1-4H3,(H,27,30)(H,28,31). The molecular weight excluding hydrogens is 407 g/mol. The highest BCUT2D eigenvalue weighted by molar-refractivity contribution is 5.93. The van der Waals surface area contributed by atoms with Gasteiger partial charge >= 0.3 is 6.18 Å². The first kappa shape index (κ1) is 24.4. The van der Waals surface area contributed by atoms with Crippen LogP contribution in [0.3, 0.4) is 0 Å². The minimum Gasteiger partial charge on any atom is -0.348 e. The maximum Gasteiger partial charge on any atom is 0.418 e. The Kier molecular flexibility index (Phi) is 8.21. The smallest absolute Gasteiger partial charge is 0.348 e. The van der Waals surface area contributed by atoms with Crippen molar-refractivity contribution < 1.29 is 22.8 Å².